The Labute approximate surface area is 148 Å². The van der Waals surface area contributed by atoms with Crippen LogP contribution in [0.15, 0.2) is 0 Å². The lowest BCUT2D eigenvalue weighted by Crippen LogP contribution is -2.63. The summed E-state index contributed by atoms with van der Waals surface area (Å²) in [5, 5.41) is 2.91. The lowest BCUT2D eigenvalue weighted by molar-refractivity contribution is -0.144. The van der Waals surface area contributed by atoms with Crippen LogP contribution in [0.5, 0.6) is 0 Å². The van der Waals surface area contributed by atoms with E-state index in [9.17, 15) is 18.4 Å². The molecule has 2 amide bonds. The van der Waals surface area contributed by atoms with Crippen LogP contribution in [0.25, 0.3) is 0 Å². The summed E-state index contributed by atoms with van der Waals surface area (Å²) >= 11 is 0. The monoisotopic (exact) mass is 359 g/mol. The van der Waals surface area contributed by atoms with E-state index in [1.54, 1.807) is 4.90 Å². The maximum Gasteiger partial charge on any atom is 0.248 e. The highest BCUT2D eigenvalue weighted by Gasteiger charge is 2.47. The number of nitrogens with zero attached hydrogens (tertiary/aromatic N) is 1. The van der Waals surface area contributed by atoms with Crippen molar-refractivity contribution in [3.63, 3.8) is 0 Å². The van der Waals surface area contributed by atoms with Gasteiger partial charge in [-0.15, -0.1) is 0 Å². The van der Waals surface area contributed by atoms with Crippen LogP contribution in [0.3, 0.4) is 0 Å². The van der Waals surface area contributed by atoms with Crippen LogP contribution in [0.4, 0.5) is 8.78 Å². The number of hydrogen-bond donors (Lipinski definition) is 2. The first-order valence-electron chi connectivity index (χ1n) is 9.48. The first-order valence-corrected chi connectivity index (χ1v) is 9.48. The van der Waals surface area contributed by atoms with Gasteiger partial charge in [-0.2, -0.15) is 0 Å². The van der Waals surface area contributed by atoms with Crippen LogP contribution in [0.1, 0.15) is 65.2 Å². The fraction of sp³-hybridized carbons (Fsp3) is 0.889. The summed E-state index contributed by atoms with van der Waals surface area (Å²) in [6.07, 6.45) is 3.90. The smallest absolute Gasteiger partial charge is 0.248 e. The Kier molecular flexibility index (Phi) is 6.40. The van der Waals surface area contributed by atoms with E-state index in [4.69, 9.17) is 5.73 Å². The minimum absolute atomic E-state index is 0.0482. The van der Waals surface area contributed by atoms with Gasteiger partial charge in [0.15, 0.2) is 0 Å². The van der Waals surface area contributed by atoms with Gasteiger partial charge in [-0.05, 0) is 39.0 Å². The number of halogens is 2. The average Bonchev–Trinajstić information content (AvgIpc) is 2.54. The molecule has 1 atom stereocenters. The van der Waals surface area contributed by atoms with Crippen molar-refractivity contribution in [3.8, 4) is 0 Å². The number of amides is 2. The van der Waals surface area contributed by atoms with Crippen molar-refractivity contribution in [1.29, 1.82) is 0 Å². The van der Waals surface area contributed by atoms with Gasteiger partial charge in [0.1, 0.15) is 5.54 Å². The van der Waals surface area contributed by atoms with Crippen molar-refractivity contribution >= 4 is 11.8 Å². The summed E-state index contributed by atoms with van der Waals surface area (Å²) in [6, 6.07) is -0.843. The predicted molar refractivity (Wildman–Crippen MR) is 92.2 cm³/mol. The zero-order valence-corrected chi connectivity index (χ0v) is 15.3. The van der Waals surface area contributed by atoms with Gasteiger partial charge >= 0.3 is 0 Å². The average molecular weight is 359 g/mol. The maximum atomic E-state index is 13.0. The Morgan fingerprint density at radius 2 is 1.72 bits per heavy atom. The van der Waals surface area contributed by atoms with Crippen LogP contribution >= 0.6 is 0 Å². The fourth-order valence-corrected chi connectivity index (χ4v) is 4.11. The molecule has 3 N–H and O–H groups in total. The number of likely N-dealkylation sites (N-methyl/N-ethyl adjacent to an activating group) is 1. The number of alkyl halides is 2. The Hall–Kier alpha value is -1.24. The minimum Gasteiger partial charge on any atom is -0.341 e. The molecule has 0 saturated heterocycles. The van der Waals surface area contributed by atoms with Gasteiger partial charge < -0.3 is 16.0 Å². The molecule has 144 valence electrons. The summed E-state index contributed by atoms with van der Waals surface area (Å²) in [5.74, 6) is -3.26. The van der Waals surface area contributed by atoms with Gasteiger partial charge in [0.2, 0.25) is 17.7 Å². The number of rotatable bonds is 7. The van der Waals surface area contributed by atoms with Crippen LogP contribution in [-0.4, -0.2) is 47.3 Å². The molecule has 0 aromatic rings. The maximum absolute atomic E-state index is 13.0. The van der Waals surface area contributed by atoms with E-state index in [1.165, 1.54) is 0 Å². The highest BCUT2D eigenvalue weighted by Crippen LogP contribution is 2.44. The van der Waals surface area contributed by atoms with E-state index in [1.807, 2.05) is 13.8 Å². The fourth-order valence-electron chi connectivity index (χ4n) is 4.11. The SMILES string of the molecule is CCN(CC)C(=O)C1(NC(=O)C(N)CC2CC(F)(F)C2)CCCCC1. The van der Waals surface area contributed by atoms with E-state index < -0.39 is 23.4 Å². The van der Waals surface area contributed by atoms with Gasteiger partial charge in [0.25, 0.3) is 0 Å². The van der Waals surface area contributed by atoms with Crippen molar-refractivity contribution in [2.24, 2.45) is 11.7 Å². The lowest BCUT2D eigenvalue weighted by Gasteiger charge is -2.41. The highest BCUT2D eigenvalue weighted by molar-refractivity contribution is 5.93. The summed E-state index contributed by atoms with van der Waals surface area (Å²) in [7, 11) is 0. The van der Waals surface area contributed by atoms with E-state index in [-0.39, 0.29) is 31.1 Å². The molecule has 2 saturated carbocycles. The molecule has 0 aromatic carbocycles. The molecule has 0 radical (unpaired) electrons. The van der Waals surface area contributed by atoms with Gasteiger partial charge in [-0.25, -0.2) is 8.78 Å². The lowest BCUT2D eigenvalue weighted by atomic mass is 9.77. The third-order valence-corrected chi connectivity index (χ3v) is 5.63. The van der Waals surface area contributed by atoms with E-state index in [0.29, 0.717) is 25.9 Å². The summed E-state index contributed by atoms with van der Waals surface area (Å²) in [5.41, 5.74) is 5.07. The van der Waals surface area contributed by atoms with Crippen LogP contribution < -0.4 is 11.1 Å². The van der Waals surface area contributed by atoms with Crippen molar-refractivity contribution in [3.05, 3.63) is 0 Å². The van der Waals surface area contributed by atoms with Gasteiger partial charge in [0.05, 0.1) is 6.04 Å². The van der Waals surface area contributed by atoms with Crippen LogP contribution in [-0.2, 0) is 9.59 Å². The molecule has 0 aliphatic heterocycles. The predicted octanol–water partition coefficient (Wildman–Crippen LogP) is 2.44. The zero-order chi connectivity index (χ0) is 18.7. The number of nitrogens with two attached hydrogens (primary N) is 1. The molecule has 2 aliphatic carbocycles. The Morgan fingerprint density at radius 1 is 1.16 bits per heavy atom. The highest BCUT2D eigenvalue weighted by atomic mass is 19.3. The second kappa shape index (κ2) is 7.98. The second-order valence-electron chi connectivity index (χ2n) is 7.58. The normalized spacial score (nSPS) is 23.4. The molecule has 5 nitrogen and oxygen atoms in total. The van der Waals surface area contributed by atoms with Gasteiger partial charge in [0, 0.05) is 25.9 Å². The Bertz CT molecular complexity index is 481. The molecule has 7 heteroatoms. The standard InChI is InChI=1S/C18H31F2N3O2/c1-3-23(4-2)16(25)17(8-6-5-7-9-17)22-15(24)14(21)10-13-11-18(19,20)12-13/h13-14H,3-12,21H2,1-2H3,(H,22,24). The number of nitrogens with one attached hydrogen (secondary N) is 1. The van der Waals surface area contributed by atoms with E-state index in [0.717, 1.165) is 19.3 Å². The van der Waals surface area contributed by atoms with Crippen LogP contribution in [0, 0.1) is 5.92 Å². The molecule has 0 bridgehead atoms. The molecule has 0 aromatic heterocycles. The third-order valence-electron chi connectivity index (χ3n) is 5.63. The van der Waals surface area contributed by atoms with Gasteiger partial charge in [-0.1, -0.05) is 19.3 Å². The number of carbonyl (C=O) groups is 2. The molecule has 2 fully saturated rings. The zero-order valence-electron chi connectivity index (χ0n) is 15.3. The summed E-state index contributed by atoms with van der Waals surface area (Å²) in [4.78, 5) is 27.3. The molecule has 2 aliphatic rings. The van der Waals surface area contributed by atoms with Crippen molar-refractivity contribution in [2.75, 3.05) is 13.1 Å². The largest absolute Gasteiger partial charge is 0.341 e. The van der Waals surface area contributed by atoms with E-state index >= 15 is 0 Å². The van der Waals surface area contributed by atoms with Crippen molar-refractivity contribution in [2.45, 2.75) is 82.7 Å². The Morgan fingerprint density at radius 3 is 2.20 bits per heavy atom. The van der Waals surface area contributed by atoms with Crippen molar-refractivity contribution < 1.29 is 18.4 Å². The minimum atomic E-state index is -2.61. The number of hydrogen-bond acceptors (Lipinski definition) is 3. The van der Waals surface area contributed by atoms with Crippen molar-refractivity contribution in [1.82, 2.24) is 10.2 Å². The molecule has 1 unspecified atom stereocenters. The van der Waals surface area contributed by atoms with E-state index in [2.05, 4.69) is 5.32 Å². The third kappa shape index (κ3) is 4.68. The quantitative estimate of drug-likeness (QED) is 0.733. The Balaban J connectivity index is 2.01. The number of carbonyl (C=O) groups excluding carboxylic acids is 2. The first-order chi connectivity index (χ1) is 11.7. The summed E-state index contributed by atoms with van der Waals surface area (Å²) in [6.45, 7) is 5.02. The first kappa shape index (κ1) is 20.1. The van der Waals surface area contributed by atoms with Gasteiger partial charge in [-0.3, -0.25) is 9.59 Å². The van der Waals surface area contributed by atoms with Crippen LogP contribution in [0.2, 0.25) is 0 Å². The second-order valence-corrected chi connectivity index (χ2v) is 7.58. The topological polar surface area (TPSA) is 75.4 Å². The molecular formula is C18H31F2N3O2. The molecule has 0 heterocycles. The molecule has 2 rings (SSSR count). The molecule has 25 heavy (non-hydrogen) atoms. The molecule has 0 spiro atoms. The molecular weight excluding hydrogens is 328 g/mol. The summed E-state index contributed by atoms with van der Waals surface area (Å²) < 4.78 is 25.9.